The number of aromatic nitrogens is 1. The van der Waals surface area contributed by atoms with E-state index in [9.17, 15) is 0 Å². The molecular weight excluding hydrogens is 766 g/mol. The standard InChI is InChI=1S/C57H44FN.2C2H6/c1-4-7-20-41(5-2)47-36-48(44-23-14-9-15-24-44)38-49(37-47)46-29-31-56(58)55(39-46)52-30-32-57-53(33-34-59(57)51-27-18-11-19-28-51)54(52)40-50(45-25-16-10-17-26-45)35-42(6-3)43-21-12-8-13-22-43;2*1-2/h4-40H,2-3H2,1H3;2*1-2H3/b7-4-,41-20+,42-35+,50-40+;;. The molecule has 63 heavy (non-hydrogen) atoms. The van der Waals surface area contributed by atoms with Crippen LogP contribution in [0, 0.1) is 5.82 Å². The monoisotopic (exact) mass is 821 g/mol. The summed E-state index contributed by atoms with van der Waals surface area (Å²) in [5, 5.41) is 1.01. The molecule has 1 heterocycles. The topological polar surface area (TPSA) is 4.93 Å². The summed E-state index contributed by atoms with van der Waals surface area (Å²) >= 11 is 0. The van der Waals surface area contributed by atoms with Crippen molar-refractivity contribution in [3.63, 3.8) is 0 Å². The average molecular weight is 822 g/mol. The van der Waals surface area contributed by atoms with Gasteiger partial charge in [-0.25, -0.2) is 4.39 Å². The third-order valence-electron chi connectivity index (χ3n) is 10.6. The van der Waals surface area contributed by atoms with Gasteiger partial charge in [0.2, 0.25) is 0 Å². The van der Waals surface area contributed by atoms with Crippen LogP contribution in [0.4, 0.5) is 4.39 Å². The second-order valence-electron chi connectivity index (χ2n) is 14.3. The molecule has 0 unspecified atom stereocenters. The van der Waals surface area contributed by atoms with Crippen LogP contribution in [0.25, 0.3) is 72.8 Å². The van der Waals surface area contributed by atoms with Crippen molar-refractivity contribution in [3.05, 3.63) is 260 Å². The minimum Gasteiger partial charge on any atom is -0.317 e. The number of rotatable bonds is 12. The summed E-state index contributed by atoms with van der Waals surface area (Å²) in [5.41, 5.74) is 14.5. The van der Waals surface area contributed by atoms with Gasteiger partial charge in [0.25, 0.3) is 0 Å². The molecule has 0 amide bonds. The lowest BCUT2D eigenvalue weighted by Crippen LogP contribution is -1.95. The number of nitrogens with zero attached hydrogens (tertiary/aromatic N) is 1. The number of para-hydroxylation sites is 1. The van der Waals surface area contributed by atoms with Crippen LogP contribution in [-0.4, -0.2) is 4.57 Å². The summed E-state index contributed by atoms with van der Waals surface area (Å²) in [4.78, 5) is 0. The Morgan fingerprint density at radius 1 is 0.508 bits per heavy atom. The zero-order valence-electron chi connectivity index (χ0n) is 37.1. The Labute approximate surface area is 374 Å². The lowest BCUT2D eigenvalue weighted by Gasteiger charge is -2.16. The van der Waals surface area contributed by atoms with Gasteiger partial charge in [0.15, 0.2) is 0 Å². The summed E-state index contributed by atoms with van der Waals surface area (Å²) < 4.78 is 18.8. The maximum atomic E-state index is 16.6. The highest BCUT2D eigenvalue weighted by atomic mass is 19.1. The van der Waals surface area contributed by atoms with Gasteiger partial charge in [-0.1, -0.05) is 193 Å². The molecule has 1 nitrogen and oxygen atoms in total. The molecule has 7 aromatic carbocycles. The number of benzene rings is 7. The van der Waals surface area contributed by atoms with Crippen LogP contribution in [0.2, 0.25) is 0 Å². The number of hydrogen-bond donors (Lipinski definition) is 0. The summed E-state index contributed by atoms with van der Waals surface area (Å²) in [7, 11) is 0. The van der Waals surface area contributed by atoms with Gasteiger partial charge in [0.1, 0.15) is 5.82 Å². The molecule has 0 bridgehead atoms. The molecule has 0 aliphatic rings. The lowest BCUT2D eigenvalue weighted by atomic mass is 9.89. The van der Waals surface area contributed by atoms with Crippen LogP contribution in [0.15, 0.2) is 232 Å². The first-order chi connectivity index (χ1) is 31.0. The normalized spacial score (nSPS) is 11.7. The zero-order valence-corrected chi connectivity index (χ0v) is 37.1. The molecule has 0 aliphatic heterocycles. The van der Waals surface area contributed by atoms with E-state index in [4.69, 9.17) is 0 Å². The van der Waals surface area contributed by atoms with E-state index in [-0.39, 0.29) is 5.82 Å². The summed E-state index contributed by atoms with van der Waals surface area (Å²) in [5.74, 6) is -0.294. The smallest absolute Gasteiger partial charge is 0.131 e. The van der Waals surface area contributed by atoms with E-state index < -0.39 is 0 Å². The maximum absolute atomic E-state index is 16.6. The quantitative estimate of drug-likeness (QED) is 0.0855. The largest absolute Gasteiger partial charge is 0.317 e. The van der Waals surface area contributed by atoms with E-state index in [1.807, 2.05) is 132 Å². The van der Waals surface area contributed by atoms with E-state index in [1.54, 1.807) is 6.07 Å². The van der Waals surface area contributed by atoms with Crippen LogP contribution in [-0.2, 0) is 0 Å². The van der Waals surface area contributed by atoms with Gasteiger partial charge in [-0.3, -0.25) is 0 Å². The molecule has 2 heteroatoms. The van der Waals surface area contributed by atoms with E-state index in [0.29, 0.717) is 5.56 Å². The molecule has 0 N–H and O–H groups in total. The third-order valence-corrected chi connectivity index (χ3v) is 10.6. The number of hydrogen-bond acceptors (Lipinski definition) is 0. The molecule has 0 saturated heterocycles. The Balaban J connectivity index is 0.00000161. The van der Waals surface area contributed by atoms with Gasteiger partial charge in [0, 0.05) is 22.8 Å². The molecule has 0 fully saturated rings. The van der Waals surface area contributed by atoms with Gasteiger partial charge < -0.3 is 4.57 Å². The first-order valence-electron chi connectivity index (χ1n) is 21.9. The summed E-state index contributed by atoms with van der Waals surface area (Å²) in [6, 6.07) is 59.6. The number of allylic oxidation sites excluding steroid dienone is 9. The molecule has 8 rings (SSSR count). The summed E-state index contributed by atoms with van der Waals surface area (Å²) in [6.07, 6.45) is 16.4. The fraction of sp³-hybridized carbons (Fsp3) is 0.0820. The average Bonchev–Trinajstić information content (AvgIpc) is 3.80. The molecule has 0 saturated carbocycles. The van der Waals surface area contributed by atoms with E-state index in [2.05, 4.69) is 139 Å². The van der Waals surface area contributed by atoms with Crippen molar-refractivity contribution in [2.24, 2.45) is 0 Å². The first kappa shape index (κ1) is 45.0. The van der Waals surface area contributed by atoms with Gasteiger partial charge in [-0.2, -0.15) is 0 Å². The molecule has 312 valence electrons. The Bertz CT molecular complexity index is 2890. The fourth-order valence-corrected chi connectivity index (χ4v) is 7.65. The van der Waals surface area contributed by atoms with Gasteiger partial charge in [-0.05, 0) is 140 Å². The minimum atomic E-state index is -0.294. The van der Waals surface area contributed by atoms with Gasteiger partial charge >= 0.3 is 0 Å². The highest BCUT2D eigenvalue weighted by Gasteiger charge is 2.18. The van der Waals surface area contributed by atoms with Crippen molar-refractivity contribution >= 4 is 33.7 Å². The second-order valence-corrected chi connectivity index (χ2v) is 14.3. The van der Waals surface area contributed by atoms with Gasteiger partial charge in [0.05, 0.1) is 5.52 Å². The molecule has 1 aromatic heterocycles. The molecule has 0 aliphatic carbocycles. The molecule has 0 atom stereocenters. The Hall–Kier alpha value is -7.55. The predicted octanol–water partition coefficient (Wildman–Crippen LogP) is 17.8. The second kappa shape index (κ2) is 22.3. The van der Waals surface area contributed by atoms with Crippen LogP contribution < -0.4 is 0 Å². The highest BCUT2D eigenvalue weighted by Crippen LogP contribution is 2.40. The third kappa shape index (κ3) is 10.5. The van der Waals surface area contributed by atoms with Crippen molar-refractivity contribution in [3.8, 4) is 39.1 Å². The number of halogens is 1. The molecule has 0 radical (unpaired) electrons. The van der Waals surface area contributed by atoms with E-state index in [1.165, 1.54) is 0 Å². The first-order valence-corrected chi connectivity index (χ1v) is 21.9. The van der Waals surface area contributed by atoms with E-state index >= 15 is 4.39 Å². The van der Waals surface area contributed by atoms with E-state index in [0.717, 1.165) is 83.4 Å². The SMILES string of the molecule is C=C/C(=C\C(=C/c1c(-c2cc(-c3cc(/C(C=C)=C/C=C\C)cc(-c4ccccc4)c3)ccc2F)ccc2c1ccn2-c1ccccc1)c1ccccc1)c1ccccc1.CC.CC. The van der Waals surface area contributed by atoms with Crippen molar-refractivity contribution in [1.29, 1.82) is 0 Å². The van der Waals surface area contributed by atoms with Crippen molar-refractivity contribution in [2.75, 3.05) is 0 Å². The van der Waals surface area contributed by atoms with Crippen molar-refractivity contribution < 1.29 is 4.39 Å². The van der Waals surface area contributed by atoms with Crippen LogP contribution in [0.3, 0.4) is 0 Å². The summed E-state index contributed by atoms with van der Waals surface area (Å²) in [6.45, 7) is 18.3. The molecule has 0 spiro atoms. The Morgan fingerprint density at radius 3 is 1.68 bits per heavy atom. The zero-order chi connectivity index (χ0) is 44.6. The predicted molar refractivity (Wildman–Crippen MR) is 274 cm³/mol. The Morgan fingerprint density at radius 2 is 1.08 bits per heavy atom. The Kier molecular flexibility index (Phi) is 16.0. The molecule has 8 aromatic rings. The number of fused-ring (bicyclic) bond motifs is 1. The minimum absolute atomic E-state index is 0.294. The van der Waals surface area contributed by atoms with Crippen LogP contribution >= 0.6 is 0 Å². The lowest BCUT2D eigenvalue weighted by molar-refractivity contribution is 0.631. The maximum Gasteiger partial charge on any atom is 0.131 e. The van der Waals surface area contributed by atoms with Crippen molar-refractivity contribution in [1.82, 2.24) is 4.57 Å². The highest BCUT2D eigenvalue weighted by molar-refractivity contribution is 6.04. The van der Waals surface area contributed by atoms with Crippen molar-refractivity contribution in [2.45, 2.75) is 34.6 Å². The van der Waals surface area contributed by atoms with Crippen LogP contribution in [0.5, 0.6) is 0 Å². The molecular formula is C61H56FN. The fourth-order valence-electron chi connectivity index (χ4n) is 7.65. The van der Waals surface area contributed by atoms with Gasteiger partial charge in [-0.15, -0.1) is 0 Å². The van der Waals surface area contributed by atoms with Crippen LogP contribution in [0.1, 0.15) is 56.9 Å².